The lowest BCUT2D eigenvalue weighted by Gasteiger charge is -2.27. The largest absolute Gasteiger partial charge is 0.294 e. The van der Waals surface area contributed by atoms with Gasteiger partial charge in [0.05, 0.1) is 10.7 Å². The van der Waals surface area contributed by atoms with Gasteiger partial charge in [0.25, 0.3) is 0 Å². The molecule has 1 aromatic heterocycles. The van der Waals surface area contributed by atoms with Crippen LogP contribution in [0.5, 0.6) is 0 Å². The minimum Gasteiger partial charge on any atom is -0.294 e. The number of likely N-dealkylation sites (tertiary alicyclic amines) is 1. The van der Waals surface area contributed by atoms with Crippen LogP contribution in [-0.2, 0) is 6.54 Å². The molecule has 2 rings (SSSR count). The van der Waals surface area contributed by atoms with E-state index in [4.69, 9.17) is 23.2 Å². The van der Waals surface area contributed by atoms with Crippen LogP contribution >= 0.6 is 23.2 Å². The Kier molecular flexibility index (Phi) is 4.29. The molecule has 2 heterocycles. The first-order valence-electron chi connectivity index (χ1n) is 6.13. The van der Waals surface area contributed by atoms with Crippen LogP contribution in [0.3, 0.4) is 0 Å². The van der Waals surface area contributed by atoms with E-state index < -0.39 is 0 Å². The lowest BCUT2D eigenvalue weighted by molar-refractivity contribution is 0.197. The van der Waals surface area contributed by atoms with Crippen molar-refractivity contribution in [3.63, 3.8) is 0 Å². The molecule has 1 aliphatic rings. The normalized spacial score (nSPS) is 21.4. The molecule has 1 aromatic rings. The highest BCUT2D eigenvalue weighted by atomic mass is 35.5. The summed E-state index contributed by atoms with van der Waals surface area (Å²) in [6.07, 6.45) is 2.54. The summed E-state index contributed by atoms with van der Waals surface area (Å²) >= 11 is 12.1. The second-order valence-electron chi connectivity index (χ2n) is 4.99. The molecule has 0 N–H and O–H groups in total. The molecule has 1 saturated heterocycles. The van der Waals surface area contributed by atoms with Crippen LogP contribution in [0.1, 0.15) is 32.4 Å². The number of rotatable bonds is 3. The average molecular weight is 273 g/mol. The molecule has 1 fully saturated rings. The minimum absolute atomic E-state index is 0.518. The Balaban J connectivity index is 2.12. The zero-order chi connectivity index (χ0) is 12.4. The van der Waals surface area contributed by atoms with Gasteiger partial charge < -0.3 is 0 Å². The van der Waals surface area contributed by atoms with Crippen LogP contribution in [0, 0.1) is 5.92 Å². The van der Waals surface area contributed by atoms with E-state index in [0.717, 1.165) is 18.8 Å². The van der Waals surface area contributed by atoms with Gasteiger partial charge in [0.1, 0.15) is 5.15 Å². The van der Waals surface area contributed by atoms with Crippen molar-refractivity contribution in [2.24, 2.45) is 5.92 Å². The molecule has 2 nitrogen and oxygen atoms in total. The van der Waals surface area contributed by atoms with Gasteiger partial charge in [-0.2, -0.15) is 0 Å². The Bertz CT molecular complexity index is 393. The van der Waals surface area contributed by atoms with Crippen molar-refractivity contribution < 1.29 is 0 Å². The van der Waals surface area contributed by atoms with Crippen molar-refractivity contribution >= 4 is 23.2 Å². The van der Waals surface area contributed by atoms with E-state index >= 15 is 0 Å². The summed E-state index contributed by atoms with van der Waals surface area (Å²) in [4.78, 5) is 6.79. The van der Waals surface area contributed by atoms with Crippen LogP contribution < -0.4 is 0 Å². The third-order valence-electron chi connectivity index (χ3n) is 3.42. The third kappa shape index (κ3) is 3.12. The number of pyridine rings is 1. The molecule has 0 radical (unpaired) electrons. The van der Waals surface area contributed by atoms with Crippen molar-refractivity contribution in [1.29, 1.82) is 0 Å². The molecule has 1 aliphatic heterocycles. The van der Waals surface area contributed by atoms with Crippen LogP contribution in [0.4, 0.5) is 0 Å². The molecule has 4 heteroatoms. The predicted octanol–water partition coefficient (Wildman–Crippen LogP) is 4.01. The quantitative estimate of drug-likeness (QED) is 0.773. The molecule has 1 atom stereocenters. The van der Waals surface area contributed by atoms with E-state index in [1.165, 1.54) is 12.8 Å². The van der Waals surface area contributed by atoms with E-state index in [1.54, 1.807) is 6.07 Å². The summed E-state index contributed by atoms with van der Waals surface area (Å²) in [5.74, 6) is 0.676. The molecule has 0 aromatic carbocycles. The SMILES string of the molecule is CC(C)C1CCCN1Cc1nc(Cl)ccc1Cl. The summed E-state index contributed by atoms with van der Waals surface area (Å²) in [5, 5.41) is 1.23. The third-order valence-corrected chi connectivity index (χ3v) is 3.98. The van der Waals surface area contributed by atoms with E-state index in [9.17, 15) is 0 Å². The highest BCUT2D eigenvalue weighted by Crippen LogP contribution is 2.27. The van der Waals surface area contributed by atoms with Crippen molar-refractivity contribution in [3.05, 3.63) is 28.0 Å². The fourth-order valence-electron chi connectivity index (χ4n) is 2.56. The Hall–Kier alpha value is -0.310. The van der Waals surface area contributed by atoms with Gasteiger partial charge in [-0.05, 0) is 37.4 Å². The van der Waals surface area contributed by atoms with Crippen LogP contribution in [0.15, 0.2) is 12.1 Å². The van der Waals surface area contributed by atoms with Crippen LogP contribution in [0.2, 0.25) is 10.2 Å². The summed E-state index contributed by atoms with van der Waals surface area (Å²) in [7, 11) is 0. The van der Waals surface area contributed by atoms with Crippen LogP contribution in [-0.4, -0.2) is 22.5 Å². The first kappa shape index (κ1) is 13.1. The summed E-state index contributed by atoms with van der Waals surface area (Å²) in [6.45, 7) is 6.49. The van der Waals surface area contributed by atoms with E-state index in [1.807, 2.05) is 6.07 Å². The fraction of sp³-hybridized carbons (Fsp3) is 0.615. The second-order valence-corrected chi connectivity index (χ2v) is 5.78. The van der Waals surface area contributed by atoms with Gasteiger partial charge in [-0.15, -0.1) is 0 Å². The van der Waals surface area contributed by atoms with E-state index in [0.29, 0.717) is 22.1 Å². The highest BCUT2D eigenvalue weighted by molar-refractivity contribution is 6.32. The standard InChI is InChI=1S/C13H18Cl2N2/c1-9(2)12-4-3-7-17(12)8-11-10(14)5-6-13(15)16-11/h5-6,9,12H,3-4,7-8H2,1-2H3. The Labute approximate surface area is 113 Å². The van der Waals surface area contributed by atoms with Crippen LogP contribution in [0.25, 0.3) is 0 Å². The van der Waals surface area contributed by atoms with Gasteiger partial charge in [-0.3, -0.25) is 4.90 Å². The molecular formula is C13H18Cl2N2. The van der Waals surface area contributed by atoms with Crippen molar-refractivity contribution in [3.8, 4) is 0 Å². The van der Waals surface area contributed by atoms with Crippen molar-refractivity contribution in [2.75, 3.05) is 6.54 Å². The van der Waals surface area contributed by atoms with Crippen molar-refractivity contribution in [1.82, 2.24) is 9.88 Å². The summed E-state index contributed by atoms with van der Waals surface area (Å²) < 4.78 is 0. The summed E-state index contributed by atoms with van der Waals surface area (Å²) in [5.41, 5.74) is 0.895. The lowest BCUT2D eigenvalue weighted by atomic mass is 10.0. The van der Waals surface area contributed by atoms with Gasteiger partial charge in [-0.1, -0.05) is 37.0 Å². The highest BCUT2D eigenvalue weighted by Gasteiger charge is 2.27. The molecular weight excluding hydrogens is 255 g/mol. The minimum atomic E-state index is 0.518. The molecule has 0 spiro atoms. The van der Waals surface area contributed by atoms with Crippen molar-refractivity contribution in [2.45, 2.75) is 39.3 Å². The number of hydrogen-bond donors (Lipinski definition) is 0. The van der Waals surface area contributed by atoms with Gasteiger partial charge in [0.2, 0.25) is 0 Å². The molecule has 1 unspecified atom stereocenters. The van der Waals surface area contributed by atoms with Gasteiger partial charge in [-0.25, -0.2) is 4.98 Å². The average Bonchev–Trinajstić information content (AvgIpc) is 2.71. The fourth-order valence-corrected chi connectivity index (χ4v) is 2.89. The molecule has 0 bridgehead atoms. The Morgan fingerprint density at radius 2 is 2.18 bits per heavy atom. The van der Waals surface area contributed by atoms with E-state index in [-0.39, 0.29) is 0 Å². The monoisotopic (exact) mass is 272 g/mol. The zero-order valence-electron chi connectivity index (χ0n) is 10.3. The first-order valence-corrected chi connectivity index (χ1v) is 6.88. The number of halogens is 2. The van der Waals surface area contributed by atoms with Gasteiger partial charge in [0, 0.05) is 12.6 Å². The van der Waals surface area contributed by atoms with Gasteiger partial charge >= 0.3 is 0 Å². The maximum atomic E-state index is 6.15. The number of aromatic nitrogens is 1. The lowest BCUT2D eigenvalue weighted by Crippen LogP contribution is -2.33. The van der Waals surface area contributed by atoms with Gasteiger partial charge in [0.15, 0.2) is 0 Å². The molecule has 17 heavy (non-hydrogen) atoms. The Morgan fingerprint density at radius 1 is 1.41 bits per heavy atom. The zero-order valence-corrected chi connectivity index (χ0v) is 11.8. The second kappa shape index (κ2) is 5.55. The predicted molar refractivity (Wildman–Crippen MR) is 72.5 cm³/mol. The molecule has 0 aliphatic carbocycles. The smallest absolute Gasteiger partial charge is 0.129 e. The Morgan fingerprint density at radius 3 is 2.88 bits per heavy atom. The van der Waals surface area contributed by atoms with E-state index in [2.05, 4.69) is 23.7 Å². The molecule has 0 amide bonds. The number of nitrogens with zero attached hydrogens (tertiary/aromatic N) is 2. The maximum absolute atomic E-state index is 6.15. The molecule has 0 saturated carbocycles. The molecule has 94 valence electrons. The topological polar surface area (TPSA) is 16.1 Å². The number of hydrogen-bond acceptors (Lipinski definition) is 2. The maximum Gasteiger partial charge on any atom is 0.129 e. The summed E-state index contributed by atoms with van der Waals surface area (Å²) in [6, 6.07) is 4.20. The first-order chi connectivity index (χ1) is 8.08.